The fraction of sp³-hybridized carbons (Fsp3) is 0.333. The summed E-state index contributed by atoms with van der Waals surface area (Å²) in [5.74, 6) is -1.24. The molecule has 10 heteroatoms. The van der Waals surface area contributed by atoms with E-state index in [4.69, 9.17) is 16.3 Å². The molecule has 1 N–H and O–H groups in total. The van der Waals surface area contributed by atoms with E-state index in [0.29, 0.717) is 0 Å². The summed E-state index contributed by atoms with van der Waals surface area (Å²) in [7, 11) is -3.81. The maximum absolute atomic E-state index is 14.2. The highest BCUT2D eigenvalue weighted by atomic mass is 35.5. The molecule has 0 fully saturated rings. The van der Waals surface area contributed by atoms with Crippen LogP contribution in [0, 0.1) is 5.82 Å². The smallest absolute Gasteiger partial charge is 0.354 e. The van der Waals surface area contributed by atoms with Crippen LogP contribution in [0.15, 0.2) is 35.1 Å². The summed E-state index contributed by atoms with van der Waals surface area (Å²) < 4.78 is 45.7. The highest BCUT2D eigenvalue weighted by Gasteiger charge is 2.27. The molecule has 1 aromatic rings. The number of carbonyl (C=O) groups is 1. The number of nitrogens with one attached hydrogen (secondary N) is 1. The molecule has 0 amide bonds. The second-order valence-corrected chi connectivity index (χ2v) is 7.20. The lowest BCUT2D eigenvalue weighted by atomic mass is 9.96. The molecule has 0 spiro atoms. The number of oxime groups is 1. The van der Waals surface area contributed by atoms with E-state index in [1.165, 1.54) is 18.2 Å². The molecule has 0 aromatic heterocycles. The zero-order valence-corrected chi connectivity index (χ0v) is 15.0. The number of hydrogen-bond donors (Lipinski definition) is 1. The van der Waals surface area contributed by atoms with Crippen LogP contribution in [-0.4, -0.2) is 33.0 Å². The van der Waals surface area contributed by atoms with E-state index >= 15 is 0 Å². The Hall–Kier alpha value is -2.13. The topological polar surface area (TPSA) is 94.1 Å². The van der Waals surface area contributed by atoms with Crippen molar-refractivity contribution in [1.82, 2.24) is 5.32 Å². The molecule has 25 heavy (non-hydrogen) atoms. The molecule has 1 atom stereocenters. The zero-order valence-electron chi connectivity index (χ0n) is 13.5. The van der Waals surface area contributed by atoms with E-state index in [-0.39, 0.29) is 35.0 Å². The number of benzene rings is 1. The highest BCUT2D eigenvalue weighted by Crippen LogP contribution is 2.27. The number of halogens is 2. The molecule has 2 rings (SSSR count). The minimum Gasteiger partial charge on any atom is -0.461 e. The maximum atomic E-state index is 14.2. The number of carbonyl (C=O) groups excluding carboxylic acids is 1. The second kappa shape index (κ2) is 7.83. The summed E-state index contributed by atoms with van der Waals surface area (Å²) in [4.78, 5) is 12.0. The first kappa shape index (κ1) is 19.2. The van der Waals surface area contributed by atoms with Crippen molar-refractivity contribution in [3.63, 3.8) is 0 Å². The van der Waals surface area contributed by atoms with Gasteiger partial charge in [-0.25, -0.2) is 9.18 Å². The fourth-order valence-electron chi connectivity index (χ4n) is 2.19. The lowest BCUT2D eigenvalue weighted by molar-refractivity contribution is -0.139. The molecule has 0 aliphatic carbocycles. The lowest BCUT2D eigenvalue weighted by Gasteiger charge is -2.26. The standard InChI is InChI=1S/C15H16ClFN2O5S/c1-3-23-15(20)14-8-10(19-24-25(2,21)22)7-13(18-14)11-5-4-9(16)6-12(11)17/h4-6,8,13,18H,3,7H2,1-2H3/b19-10-. The molecular weight excluding hydrogens is 375 g/mol. The molecule has 1 aromatic carbocycles. The normalized spacial score (nSPS) is 19.1. The maximum Gasteiger partial charge on any atom is 0.354 e. The Morgan fingerprint density at radius 3 is 2.80 bits per heavy atom. The van der Waals surface area contributed by atoms with Gasteiger partial charge in [-0.2, -0.15) is 8.42 Å². The quantitative estimate of drug-likeness (QED) is 0.612. The van der Waals surface area contributed by atoms with Gasteiger partial charge in [0.05, 0.1) is 24.6 Å². The molecule has 1 aliphatic rings. The van der Waals surface area contributed by atoms with Crippen molar-refractivity contribution in [1.29, 1.82) is 0 Å². The third-order valence-corrected chi connectivity index (χ3v) is 3.76. The van der Waals surface area contributed by atoms with E-state index in [2.05, 4.69) is 14.8 Å². The SMILES string of the molecule is CCOC(=O)C1=C/C(=N\OS(C)(=O)=O)CC(c2ccc(Cl)cc2F)N1. The predicted molar refractivity (Wildman–Crippen MR) is 90.0 cm³/mol. The van der Waals surface area contributed by atoms with Crippen molar-refractivity contribution in [2.75, 3.05) is 12.9 Å². The van der Waals surface area contributed by atoms with Gasteiger partial charge in [0, 0.05) is 17.0 Å². The fourth-order valence-corrected chi connectivity index (χ4v) is 2.58. The van der Waals surface area contributed by atoms with Gasteiger partial charge in [-0.15, -0.1) is 0 Å². The Bertz CT molecular complexity index is 838. The Morgan fingerprint density at radius 1 is 1.48 bits per heavy atom. The molecule has 136 valence electrons. The summed E-state index contributed by atoms with van der Waals surface area (Å²) in [5, 5.41) is 6.61. The van der Waals surface area contributed by atoms with Crippen LogP contribution >= 0.6 is 11.6 Å². The van der Waals surface area contributed by atoms with Crippen molar-refractivity contribution in [2.24, 2.45) is 5.16 Å². The summed E-state index contributed by atoms with van der Waals surface area (Å²) in [6, 6.07) is 3.44. The van der Waals surface area contributed by atoms with Gasteiger partial charge in [0.2, 0.25) is 0 Å². The Kier molecular flexibility index (Phi) is 6.02. The van der Waals surface area contributed by atoms with Crippen LogP contribution in [0.25, 0.3) is 0 Å². The summed E-state index contributed by atoms with van der Waals surface area (Å²) in [5.41, 5.74) is 0.404. The van der Waals surface area contributed by atoms with Gasteiger partial charge in [-0.3, -0.25) is 4.28 Å². The third-order valence-electron chi connectivity index (χ3n) is 3.18. The van der Waals surface area contributed by atoms with Crippen LogP contribution in [0.5, 0.6) is 0 Å². The van der Waals surface area contributed by atoms with Crippen LogP contribution in [0.1, 0.15) is 24.9 Å². The minimum atomic E-state index is -3.81. The Morgan fingerprint density at radius 2 is 2.20 bits per heavy atom. The first-order chi connectivity index (χ1) is 11.7. The number of hydrogen-bond acceptors (Lipinski definition) is 7. The van der Waals surface area contributed by atoms with Crippen LogP contribution in [-0.2, 0) is 23.9 Å². The minimum absolute atomic E-state index is 0.0169. The van der Waals surface area contributed by atoms with Gasteiger partial charge in [0.1, 0.15) is 11.5 Å². The van der Waals surface area contributed by atoms with E-state index in [9.17, 15) is 17.6 Å². The number of rotatable bonds is 5. The van der Waals surface area contributed by atoms with Crippen molar-refractivity contribution >= 4 is 33.4 Å². The number of nitrogens with zero attached hydrogens (tertiary/aromatic N) is 1. The van der Waals surface area contributed by atoms with E-state index in [1.54, 1.807) is 6.92 Å². The van der Waals surface area contributed by atoms with Crippen LogP contribution in [0.3, 0.4) is 0 Å². The van der Waals surface area contributed by atoms with Crippen LogP contribution in [0.4, 0.5) is 4.39 Å². The lowest BCUT2D eigenvalue weighted by Crippen LogP contribution is -2.33. The second-order valence-electron chi connectivity index (χ2n) is 5.21. The van der Waals surface area contributed by atoms with Crippen molar-refractivity contribution in [2.45, 2.75) is 19.4 Å². The Balaban J connectivity index is 2.37. The largest absolute Gasteiger partial charge is 0.461 e. The monoisotopic (exact) mass is 390 g/mol. The molecule has 0 saturated heterocycles. The van der Waals surface area contributed by atoms with Crippen LogP contribution < -0.4 is 5.32 Å². The summed E-state index contributed by atoms with van der Waals surface area (Å²) in [6.45, 7) is 1.78. The molecule has 1 unspecified atom stereocenters. The van der Waals surface area contributed by atoms with Gasteiger partial charge in [0.25, 0.3) is 0 Å². The molecule has 7 nitrogen and oxygen atoms in total. The number of esters is 1. The van der Waals surface area contributed by atoms with Gasteiger partial charge >= 0.3 is 16.1 Å². The van der Waals surface area contributed by atoms with Crippen molar-refractivity contribution in [3.05, 3.63) is 46.4 Å². The molecule has 1 heterocycles. The summed E-state index contributed by atoms with van der Waals surface area (Å²) in [6.07, 6.45) is 2.23. The van der Waals surface area contributed by atoms with E-state index < -0.39 is 27.9 Å². The molecule has 0 saturated carbocycles. The van der Waals surface area contributed by atoms with Crippen molar-refractivity contribution in [3.8, 4) is 0 Å². The average Bonchev–Trinajstić information content (AvgIpc) is 2.52. The van der Waals surface area contributed by atoms with E-state index in [0.717, 1.165) is 12.3 Å². The first-order valence-electron chi connectivity index (χ1n) is 7.25. The Labute approximate surface area is 149 Å². The molecule has 1 aliphatic heterocycles. The van der Waals surface area contributed by atoms with E-state index in [1.807, 2.05) is 0 Å². The van der Waals surface area contributed by atoms with Crippen LogP contribution in [0.2, 0.25) is 5.02 Å². The molecular formula is C15H16ClFN2O5S. The van der Waals surface area contributed by atoms with Gasteiger partial charge in [-0.1, -0.05) is 22.8 Å². The van der Waals surface area contributed by atoms with Gasteiger partial charge in [-0.05, 0) is 25.1 Å². The van der Waals surface area contributed by atoms with Gasteiger partial charge < -0.3 is 10.1 Å². The number of allylic oxidation sites excluding steroid dienone is 1. The van der Waals surface area contributed by atoms with Crippen molar-refractivity contribution < 1.29 is 26.6 Å². The zero-order chi connectivity index (χ0) is 18.6. The highest BCUT2D eigenvalue weighted by molar-refractivity contribution is 7.85. The van der Waals surface area contributed by atoms with Gasteiger partial charge in [0.15, 0.2) is 0 Å². The first-order valence-corrected chi connectivity index (χ1v) is 9.45. The third kappa shape index (κ3) is 5.43. The summed E-state index contributed by atoms with van der Waals surface area (Å²) >= 11 is 5.75. The molecule has 0 bridgehead atoms. The molecule has 0 radical (unpaired) electrons. The number of ether oxygens (including phenoxy) is 1. The predicted octanol–water partition coefficient (Wildman–Crippen LogP) is 2.29. The average molecular weight is 391 g/mol.